The fourth-order valence-corrected chi connectivity index (χ4v) is 2.83. The Balaban J connectivity index is 1.74. The van der Waals surface area contributed by atoms with Gasteiger partial charge in [0.15, 0.2) is 5.82 Å². The monoisotopic (exact) mass is 349 g/mol. The van der Waals surface area contributed by atoms with Crippen molar-refractivity contribution in [2.24, 2.45) is 0 Å². The Morgan fingerprint density at radius 3 is 2.80 bits per heavy atom. The van der Waals surface area contributed by atoms with Gasteiger partial charge in [-0.2, -0.15) is 5.10 Å². The Labute approximate surface area is 126 Å². The molecule has 0 spiro atoms. The van der Waals surface area contributed by atoms with Crippen molar-refractivity contribution >= 4 is 38.9 Å². The topological polar surface area (TPSA) is 72.7 Å². The zero-order chi connectivity index (χ0) is 13.9. The molecule has 3 aromatic heterocycles. The van der Waals surface area contributed by atoms with E-state index in [9.17, 15) is 4.79 Å². The molecule has 20 heavy (non-hydrogen) atoms. The van der Waals surface area contributed by atoms with E-state index < -0.39 is 0 Å². The maximum Gasteiger partial charge on any atom is 0.265 e. The molecule has 0 unspecified atom stereocenters. The largest absolute Gasteiger partial charge is 0.320 e. The highest BCUT2D eigenvalue weighted by Crippen LogP contribution is 2.23. The lowest BCUT2D eigenvalue weighted by Crippen LogP contribution is -2.10. The molecule has 1 amide bonds. The van der Waals surface area contributed by atoms with Gasteiger partial charge in [0.05, 0.1) is 20.5 Å². The third-order valence-corrected chi connectivity index (χ3v) is 4.08. The average Bonchev–Trinajstić information content (AvgIpc) is 3.10. The van der Waals surface area contributed by atoms with Gasteiger partial charge in [-0.25, -0.2) is 14.6 Å². The molecule has 0 aliphatic heterocycles. The van der Waals surface area contributed by atoms with Crippen LogP contribution in [0.3, 0.4) is 0 Å². The van der Waals surface area contributed by atoms with Crippen molar-refractivity contribution in [2.45, 2.75) is 0 Å². The zero-order valence-electron chi connectivity index (χ0n) is 10.0. The molecular formula is C12H8BrN5OS. The van der Waals surface area contributed by atoms with Crippen molar-refractivity contribution < 1.29 is 4.79 Å². The van der Waals surface area contributed by atoms with E-state index in [1.54, 1.807) is 35.4 Å². The number of nitrogens with one attached hydrogen (secondary N) is 1. The number of pyridine rings is 1. The number of amides is 1. The molecule has 3 aromatic rings. The normalized spacial score (nSPS) is 10.4. The Bertz CT molecular complexity index is 723. The molecule has 1 N–H and O–H groups in total. The van der Waals surface area contributed by atoms with E-state index in [0.717, 1.165) is 3.79 Å². The molecule has 3 heterocycles. The first kappa shape index (κ1) is 12.9. The first-order valence-corrected chi connectivity index (χ1v) is 7.21. The second-order valence-corrected chi connectivity index (χ2v) is 6.27. The summed E-state index contributed by atoms with van der Waals surface area (Å²) in [5.74, 6) is 0.482. The molecule has 0 aliphatic carbocycles. The van der Waals surface area contributed by atoms with E-state index in [0.29, 0.717) is 16.4 Å². The summed E-state index contributed by atoms with van der Waals surface area (Å²) in [6.45, 7) is 0. The van der Waals surface area contributed by atoms with E-state index in [1.165, 1.54) is 17.7 Å². The number of aromatic nitrogens is 4. The summed E-state index contributed by atoms with van der Waals surface area (Å²) in [6, 6.07) is 7.13. The number of carbonyl (C=O) groups excluding carboxylic acids is 1. The molecule has 0 aromatic carbocycles. The highest BCUT2D eigenvalue weighted by molar-refractivity contribution is 9.11. The fraction of sp³-hybridized carbons (Fsp3) is 0. The molecule has 0 saturated carbocycles. The minimum atomic E-state index is -0.156. The van der Waals surface area contributed by atoms with Crippen LogP contribution in [0.1, 0.15) is 9.67 Å². The van der Waals surface area contributed by atoms with Crippen LogP contribution in [0, 0.1) is 0 Å². The Morgan fingerprint density at radius 1 is 1.30 bits per heavy atom. The van der Waals surface area contributed by atoms with E-state index in [2.05, 4.69) is 36.3 Å². The third kappa shape index (κ3) is 2.75. The van der Waals surface area contributed by atoms with Crippen molar-refractivity contribution in [3.05, 3.63) is 51.8 Å². The number of hydrogen-bond donors (Lipinski definition) is 1. The highest BCUT2D eigenvalue weighted by Gasteiger charge is 2.09. The number of anilines is 1. The number of hydrogen-bond acceptors (Lipinski definition) is 5. The van der Waals surface area contributed by atoms with E-state index in [4.69, 9.17) is 0 Å². The van der Waals surface area contributed by atoms with Crippen LogP contribution >= 0.6 is 27.3 Å². The van der Waals surface area contributed by atoms with Crippen molar-refractivity contribution in [3.8, 4) is 5.82 Å². The zero-order valence-corrected chi connectivity index (χ0v) is 12.4. The van der Waals surface area contributed by atoms with Gasteiger partial charge < -0.3 is 5.32 Å². The number of halogens is 1. The summed E-state index contributed by atoms with van der Waals surface area (Å²) in [7, 11) is 0. The first-order valence-electron chi connectivity index (χ1n) is 5.60. The Morgan fingerprint density at radius 2 is 2.20 bits per heavy atom. The molecule has 6 nitrogen and oxygen atoms in total. The van der Waals surface area contributed by atoms with Gasteiger partial charge in [-0.3, -0.25) is 4.79 Å². The van der Waals surface area contributed by atoms with Crippen LogP contribution in [0.5, 0.6) is 0 Å². The summed E-state index contributed by atoms with van der Waals surface area (Å²) < 4.78 is 2.46. The summed E-state index contributed by atoms with van der Waals surface area (Å²) in [5.41, 5.74) is 0.628. The van der Waals surface area contributed by atoms with Gasteiger partial charge in [0.25, 0.3) is 5.91 Å². The molecule has 0 radical (unpaired) electrons. The van der Waals surface area contributed by atoms with Crippen LogP contribution in [0.4, 0.5) is 5.69 Å². The molecule has 100 valence electrons. The lowest BCUT2D eigenvalue weighted by Gasteiger charge is -2.04. The van der Waals surface area contributed by atoms with E-state index >= 15 is 0 Å². The van der Waals surface area contributed by atoms with Crippen LogP contribution in [0.2, 0.25) is 0 Å². The van der Waals surface area contributed by atoms with E-state index in [1.807, 2.05) is 6.07 Å². The van der Waals surface area contributed by atoms with Crippen LogP contribution in [0.15, 0.2) is 46.9 Å². The molecule has 0 atom stereocenters. The number of rotatable bonds is 3. The number of nitrogens with zero attached hydrogens (tertiary/aromatic N) is 4. The lowest BCUT2D eigenvalue weighted by atomic mass is 10.3. The van der Waals surface area contributed by atoms with Gasteiger partial charge in [0, 0.05) is 0 Å². The van der Waals surface area contributed by atoms with Crippen molar-refractivity contribution in [2.75, 3.05) is 5.32 Å². The molecule has 0 fully saturated rings. The molecule has 0 aliphatic rings. The summed E-state index contributed by atoms with van der Waals surface area (Å²) >= 11 is 4.71. The average molecular weight is 350 g/mol. The Hall–Kier alpha value is -2.06. The SMILES string of the molecule is O=C(Nc1ccc(-n2cncn2)nc1)c1ccc(Br)s1. The van der Waals surface area contributed by atoms with Crippen LogP contribution in [-0.2, 0) is 0 Å². The molecule has 0 bridgehead atoms. The van der Waals surface area contributed by atoms with Gasteiger partial charge in [0.2, 0.25) is 0 Å². The van der Waals surface area contributed by atoms with Crippen molar-refractivity contribution in [1.29, 1.82) is 0 Å². The fourth-order valence-electron chi connectivity index (χ4n) is 1.55. The van der Waals surface area contributed by atoms with E-state index in [-0.39, 0.29) is 5.91 Å². The van der Waals surface area contributed by atoms with Crippen molar-refractivity contribution in [3.63, 3.8) is 0 Å². The summed E-state index contributed by atoms with van der Waals surface area (Å²) in [4.78, 5) is 20.7. The maximum atomic E-state index is 12.0. The quantitative estimate of drug-likeness (QED) is 0.788. The minimum absolute atomic E-state index is 0.156. The van der Waals surface area contributed by atoms with Gasteiger partial charge in [-0.1, -0.05) is 0 Å². The van der Waals surface area contributed by atoms with Gasteiger partial charge in [-0.05, 0) is 40.2 Å². The first-order chi connectivity index (χ1) is 9.72. The van der Waals surface area contributed by atoms with Gasteiger partial charge in [0.1, 0.15) is 12.7 Å². The summed E-state index contributed by atoms with van der Waals surface area (Å²) in [6.07, 6.45) is 4.58. The summed E-state index contributed by atoms with van der Waals surface area (Å²) in [5, 5.41) is 6.77. The highest BCUT2D eigenvalue weighted by atomic mass is 79.9. The smallest absolute Gasteiger partial charge is 0.265 e. The maximum absolute atomic E-state index is 12.0. The lowest BCUT2D eigenvalue weighted by molar-refractivity contribution is 0.103. The van der Waals surface area contributed by atoms with Crippen molar-refractivity contribution in [1.82, 2.24) is 19.7 Å². The van der Waals surface area contributed by atoms with Crippen LogP contribution in [-0.4, -0.2) is 25.7 Å². The van der Waals surface area contributed by atoms with Crippen LogP contribution in [0.25, 0.3) is 5.82 Å². The molecule has 0 saturated heterocycles. The standard InChI is InChI=1S/C12H8BrN5OS/c13-10-3-2-9(20-10)12(19)17-8-1-4-11(15-5-8)18-7-14-6-16-18/h1-7H,(H,17,19). The molecule has 3 rings (SSSR count). The minimum Gasteiger partial charge on any atom is -0.320 e. The molecular weight excluding hydrogens is 342 g/mol. The predicted molar refractivity (Wildman–Crippen MR) is 79.1 cm³/mol. The second kappa shape index (κ2) is 5.51. The van der Waals surface area contributed by atoms with Gasteiger partial charge >= 0.3 is 0 Å². The Kier molecular flexibility index (Phi) is 3.57. The van der Waals surface area contributed by atoms with Gasteiger partial charge in [-0.15, -0.1) is 11.3 Å². The molecule has 8 heteroatoms. The second-order valence-electron chi connectivity index (χ2n) is 3.80. The number of carbonyl (C=O) groups is 1. The third-order valence-electron chi connectivity index (χ3n) is 2.46. The predicted octanol–water partition coefficient (Wildman–Crippen LogP) is 2.74. The number of thiophene rings is 1. The van der Waals surface area contributed by atoms with Crippen LogP contribution < -0.4 is 5.32 Å².